The third-order valence-corrected chi connectivity index (χ3v) is 7.00. The number of carbonyl (C=O) groups excluding carboxylic acids is 3. The fourth-order valence-corrected chi connectivity index (χ4v) is 4.48. The van der Waals surface area contributed by atoms with E-state index in [-0.39, 0.29) is 25.0 Å². The zero-order valence-electron chi connectivity index (χ0n) is 22.6. The van der Waals surface area contributed by atoms with Gasteiger partial charge in [0.05, 0.1) is 24.3 Å². The summed E-state index contributed by atoms with van der Waals surface area (Å²) in [6.45, 7) is 9.73. The minimum atomic E-state index is -1.17. The average Bonchev–Trinajstić information content (AvgIpc) is 3.08. The molecule has 0 fully saturated rings. The number of nitrogens with zero attached hydrogens (tertiary/aromatic N) is 1. The number of hydrogen-bond donors (Lipinski definition) is 3. The van der Waals surface area contributed by atoms with Crippen LogP contribution in [-0.4, -0.2) is 59.4 Å². The molecule has 1 aliphatic rings. The molecule has 8 nitrogen and oxygen atoms in total. The van der Waals surface area contributed by atoms with Crippen LogP contribution in [0.4, 0.5) is 0 Å². The summed E-state index contributed by atoms with van der Waals surface area (Å²) in [6.07, 6.45) is 0. The molecule has 0 aliphatic carbocycles. The number of benzene rings is 2. The number of nitrogens with one attached hydrogen (secondary N) is 2. The van der Waals surface area contributed by atoms with Gasteiger partial charge in [0.1, 0.15) is 6.04 Å². The topological polar surface area (TPSA) is 114 Å². The molecule has 0 bridgehead atoms. The molecule has 204 valence electrons. The second kappa shape index (κ2) is 12.2. The quantitative estimate of drug-likeness (QED) is 0.374. The van der Waals surface area contributed by atoms with Crippen molar-refractivity contribution in [3.8, 4) is 0 Å². The highest BCUT2D eigenvalue weighted by atomic mass is 79.9. The summed E-state index contributed by atoms with van der Waals surface area (Å²) in [5.41, 5.74) is 7.25. The van der Waals surface area contributed by atoms with E-state index in [1.54, 1.807) is 18.7 Å². The van der Waals surface area contributed by atoms with E-state index in [1.165, 1.54) is 0 Å². The zero-order valence-corrected chi connectivity index (χ0v) is 24.2. The Bertz CT molecular complexity index is 1190. The van der Waals surface area contributed by atoms with E-state index in [9.17, 15) is 14.4 Å². The fourth-order valence-electron chi connectivity index (χ4n) is 4.21. The first-order valence-electron chi connectivity index (χ1n) is 12.7. The van der Waals surface area contributed by atoms with Crippen molar-refractivity contribution in [2.75, 3.05) is 19.7 Å². The second-order valence-corrected chi connectivity index (χ2v) is 11.5. The maximum atomic E-state index is 13.8. The Morgan fingerprint density at radius 2 is 1.76 bits per heavy atom. The standard InChI is InChI=1S/C29H37BrN4O4/c1-6-34(16-22-24(25(35)33-29(22,4)5)20-12-14-21(30)15-13-20)26(36)23(32-27(37)28(2,3)31)18-38-17-19-10-8-7-9-11-19/h7-15,23H,6,16-18,31H2,1-5H3,(H,32,37)(H,33,35)/t23-/m1/s1. The Balaban J connectivity index is 1.87. The molecule has 0 unspecified atom stereocenters. The van der Waals surface area contributed by atoms with Gasteiger partial charge in [-0.25, -0.2) is 0 Å². The second-order valence-electron chi connectivity index (χ2n) is 10.5. The van der Waals surface area contributed by atoms with Crippen LogP contribution in [0.2, 0.25) is 0 Å². The zero-order chi connectivity index (χ0) is 28.1. The number of rotatable bonds is 11. The molecule has 38 heavy (non-hydrogen) atoms. The van der Waals surface area contributed by atoms with Gasteiger partial charge in [0.25, 0.3) is 5.91 Å². The van der Waals surface area contributed by atoms with Crippen LogP contribution in [-0.2, 0) is 25.7 Å². The summed E-state index contributed by atoms with van der Waals surface area (Å²) in [7, 11) is 0. The van der Waals surface area contributed by atoms with E-state index in [0.29, 0.717) is 18.7 Å². The minimum Gasteiger partial charge on any atom is -0.374 e. The SMILES string of the molecule is CCN(CC1=C(c2ccc(Br)cc2)C(=O)NC1(C)C)C(=O)[C@@H](COCc1ccccc1)NC(=O)C(C)(C)N. The normalized spacial score (nSPS) is 15.7. The Hall–Kier alpha value is -3.01. The van der Waals surface area contributed by atoms with Crippen molar-refractivity contribution in [3.05, 3.63) is 75.8 Å². The third-order valence-electron chi connectivity index (χ3n) is 6.47. The van der Waals surface area contributed by atoms with Gasteiger partial charge in [-0.3, -0.25) is 14.4 Å². The van der Waals surface area contributed by atoms with Crippen molar-refractivity contribution in [2.24, 2.45) is 5.73 Å². The van der Waals surface area contributed by atoms with E-state index < -0.39 is 23.0 Å². The van der Waals surface area contributed by atoms with Crippen LogP contribution in [0.25, 0.3) is 5.57 Å². The highest BCUT2D eigenvalue weighted by molar-refractivity contribution is 9.10. The molecular weight excluding hydrogens is 548 g/mol. The Morgan fingerprint density at radius 1 is 1.13 bits per heavy atom. The number of carbonyl (C=O) groups is 3. The van der Waals surface area contributed by atoms with E-state index in [0.717, 1.165) is 21.2 Å². The molecule has 1 heterocycles. The van der Waals surface area contributed by atoms with Crippen LogP contribution in [0.1, 0.15) is 45.7 Å². The molecule has 3 amide bonds. The maximum Gasteiger partial charge on any atom is 0.252 e. The lowest BCUT2D eigenvalue weighted by atomic mass is 9.90. The van der Waals surface area contributed by atoms with Crippen molar-refractivity contribution in [3.63, 3.8) is 0 Å². The monoisotopic (exact) mass is 584 g/mol. The van der Waals surface area contributed by atoms with Gasteiger partial charge in [0.15, 0.2) is 0 Å². The summed E-state index contributed by atoms with van der Waals surface area (Å²) >= 11 is 3.44. The van der Waals surface area contributed by atoms with Crippen LogP contribution in [0, 0.1) is 0 Å². The van der Waals surface area contributed by atoms with Gasteiger partial charge in [-0.2, -0.15) is 0 Å². The van der Waals surface area contributed by atoms with Crippen LogP contribution >= 0.6 is 15.9 Å². The molecule has 0 aromatic heterocycles. The molecule has 0 saturated carbocycles. The summed E-state index contributed by atoms with van der Waals surface area (Å²) < 4.78 is 6.76. The van der Waals surface area contributed by atoms with Crippen LogP contribution in [0.3, 0.4) is 0 Å². The van der Waals surface area contributed by atoms with Gasteiger partial charge in [0, 0.05) is 23.1 Å². The van der Waals surface area contributed by atoms with Crippen LogP contribution in [0.5, 0.6) is 0 Å². The third kappa shape index (κ3) is 7.30. The summed E-state index contributed by atoms with van der Waals surface area (Å²) in [5.74, 6) is -0.948. The molecule has 4 N–H and O–H groups in total. The van der Waals surface area contributed by atoms with E-state index in [1.807, 2.05) is 75.4 Å². The number of ether oxygens (including phenoxy) is 1. The van der Waals surface area contributed by atoms with Gasteiger partial charge in [0.2, 0.25) is 11.8 Å². The average molecular weight is 586 g/mol. The molecule has 0 saturated heterocycles. The fraction of sp³-hybridized carbons (Fsp3) is 0.414. The molecule has 0 radical (unpaired) electrons. The molecule has 3 rings (SSSR count). The molecule has 0 spiro atoms. The van der Waals surface area contributed by atoms with Gasteiger partial charge in [-0.15, -0.1) is 0 Å². The lowest BCUT2D eigenvalue weighted by Crippen LogP contribution is -2.58. The molecule has 2 aromatic rings. The van der Waals surface area contributed by atoms with Crippen molar-refractivity contribution in [2.45, 2.75) is 58.3 Å². The van der Waals surface area contributed by atoms with Crippen molar-refractivity contribution in [1.82, 2.24) is 15.5 Å². The molecule has 1 atom stereocenters. The summed E-state index contributed by atoms with van der Waals surface area (Å²) in [4.78, 5) is 41.2. The first-order chi connectivity index (χ1) is 17.8. The summed E-state index contributed by atoms with van der Waals surface area (Å²) in [5, 5.41) is 5.81. The highest BCUT2D eigenvalue weighted by Gasteiger charge is 2.40. The lowest BCUT2D eigenvalue weighted by Gasteiger charge is -2.32. The van der Waals surface area contributed by atoms with Gasteiger partial charge >= 0.3 is 0 Å². The predicted molar refractivity (Wildman–Crippen MR) is 152 cm³/mol. The number of halogens is 1. The lowest BCUT2D eigenvalue weighted by molar-refractivity contribution is -0.139. The number of nitrogens with two attached hydrogens (primary N) is 1. The number of likely N-dealkylation sites (N-methyl/N-ethyl adjacent to an activating group) is 1. The first-order valence-corrected chi connectivity index (χ1v) is 13.4. The largest absolute Gasteiger partial charge is 0.374 e. The van der Waals surface area contributed by atoms with Crippen molar-refractivity contribution in [1.29, 1.82) is 0 Å². The Labute approximate surface area is 233 Å². The molecule has 2 aromatic carbocycles. The predicted octanol–water partition coefficient (Wildman–Crippen LogP) is 3.40. The Kier molecular flexibility index (Phi) is 9.51. The van der Waals surface area contributed by atoms with Gasteiger partial charge < -0.3 is 26.0 Å². The first kappa shape index (κ1) is 29.5. The summed E-state index contributed by atoms with van der Waals surface area (Å²) in [6, 6.07) is 16.2. The smallest absolute Gasteiger partial charge is 0.252 e. The van der Waals surface area contributed by atoms with E-state index in [2.05, 4.69) is 26.6 Å². The van der Waals surface area contributed by atoms with Gasteiger partial charge in [-0.1, -0.05) is 58.4 Å². The van der Waals surface area contributed by atoms with Crippen LogP contribution in [0.15, 0.2) is 64.6 Å². The minimum absolute atomic E-state index is 0.0226. The number of amides is 3. The molecular formula is C29H37BrN4O4. The van der Waals surface area contributed by atoms with Crippen molar-refractivity contribution >= 4 is 39.2 Å². The highest BCUT2D eigenvalue weighted by Crippen LogP contribution is 2.34. The Morgan fingerprint density at radius 3 is 2.34 bits per heavy atom. The molecule has 1 aliphatic heterocycles. The van der Waals surface area contributed by atoms with E-state index in [4.69, 9.17) is 10.5 Å². The van der Waals surface area contributed by atoms with E-state index >= 15 is 0 Å². The van der Waals surface area contributed by atoms with Gasteiger partial charge in [-0.05, 0) is 63.5 Å². The van der Waals surface area contributed by atoms with Crippen LogP contribution < -0.4 is 16.4 Å². The number of hydrogen-bond acceptors (Lipinski definition) is 5. The van der Waals surface area contributed by atoms with Crippen molar-refractivity contribution < 1.29 is 19.1 Å². The maximum absolute atomic E-state index is 13.8. The molecule has 9 heteroatoms.